The standard InChI is InChI=1S/C8H9N5O/c1-13-11-5-6(12-13)7(14)8-9-3-2-4-10-8/h2-5,7,14H,1H3. The molecular formula is C8H9N5O. The van der Waals surface area contributed by atoms with Crippen molar-refractivity contribution in [1.82, 2.24) is 25.0 Å². The van der Waals surface area contributed by atoms with E-state index in [1.807, 2.05) is 0 Å². The summed E-state index contributed by atoms with van der Waals surface area (Å²) < 4.78 is 0. The summed E-state index contributed by atoms with van der Waals surface area (Å²) in [6.45, 7) is 0. The second kappa shape index (κ2) is 3.51. The first-order chi connectivity index (χ1) is 6.77. The Labute approximate surface area is 80.2 Å². The van der Waals surface area contributed by atoms with Gasteiger partial charge >= 0.3 is 0 Å². The summed E-state index contributed by atoms with van der Waals surface area (Å²) in [5.74, 6) is 0.327. The molecule has 0 aliphatic rings. The van der Waals surface area contributed by atoms with Crippen molar-refractivity contribution < 1.29 is 5.11 Å². The molecule has 2 rings (SSSR count). The quantitative estimate of drug-likeness (QED) is 0.704. The van der Waals surface area contributed by atoms with Gasteiger partial charge in [0, 0.05) is 19.4 Å². The van der Waals surface area contributed by atoms with Crippen molar-refractivity contribution in [3.05, 3.63) is 36.2 Å². The van der Waals surface area contributed by atoms with E-state index in [1.54, 1.807) is 25.5 Å². The van der Waals surface area contributed by atoms with Gasteiger partial charge in [0.1, 0.15) is 5.69 Å². The van der Waals surface area contributed by atoms with Gasteiger partial charge < -0.3 is 5.11 Å². The topological polar surface area (TPSA) is 76.7 Å². The third-order valence-corrected chi connectivity index (χ3v) is 1.73. The Kier molecular flexibility index (Phi) is 2.19. The van der Waals surface area contributed by atoms with E-state index in [2.05, 4.69) is 20.2 Å². The van der Waals surface area contributed by atoms with Gasteiger partial charge in [-0.2, -0.15) is 15.0 Å². The molecule has 72 valence electrons. The molecule has 2 aromatic rings. The SMILES string of the molecule is Cn1ncc(C(O)c2ncccn2)n1. The highest BCUT2D eigenvalue weighted by Crippen LogP contribution is 2.13. The zero-order valence-electron chi connectivity index (χ0n) is 7.57. The van der Waals surface area contributed by atoms with Crippen molar-refractivity contribution in [3.8, 4) is 0 Å². The fraction of sp³-hybridized carbons (Fsp3) is 0.250. The Bertz CT molecular complexity index is 413. The fourth-order valence-electron chi connectivity index (χ4n) is 1.07. The van der Waals surface area contributed by atoms with Crippen LogP contribution in [0.15, 0.2) is 24.7 Å². The molecule has 0 fully saturated rings. The van der Waals surface area contributed by atoms with Crippen LogP contribution in [-0.2, 0) is 7.05 Å². The molecule has 0 aliphatic heterocycles. The lowest BCUT2D eigenvalue weighted by atomic mass is 10.2. The molecule has 1 atom stereocenters. The van der Waals surface area contributed by atoms with E-state index in [0.29, 0.717) is 11.5 Å². The predicted molar refractivity (Wildman–Crippen MR) is 47.1 cm³/mol. The van der Waals surface area contributed by atoms with Crippen LogP contribution in [0.4, 0.5) is 0 Å². The fourth-order valence-corrected chi connectivity index (χ4v) is 1.07. The highest BCUT2D eigenvalue weighted by molar-refractivity contribution is 5.08. The highest BCUT2D eigenvalue weighted by atomic mass is 16.3. The Morgan fingerprint density at radius 3 is 2.64 bits per heavy atom. The number of aliphatic hydroxyl groups excluding tert-OH is 1. The first-order valence-electron chi connectivity index (χ1n) is 4.08. The van der Waals surface area contributed by atoms with E-state index in [0.717, 1.165) is 0 Å². The Morgan fingerprint density at radius 2 is 2.07 bits per heavy atom. The van der Waals surface area contributed by atoms with E-state index in [-0.39, 0.29) is 0 Å². The lowest BCUT2D eigenvalue weighted by Crippen LogP contribution is -2.05. The molecular weight excluding hydrogens is 182 g/mol. The van der Waals surface area contributed by atoms with Crippen LogP contribution in [0.2, 0.25) is 0 Å². The minimum absolute atomic E-state index is 0.327. The second-order valence-corrected chi connectivity index (χ2v) is 2.77. The van der Waals surface area contributed by atoms with Crippen LogP contribution in [0.25, 0.3) is 0 Å². The molecule has 2 aromatic heterocycles. The van der Waals surface area contributed by atoms with Gasteiger partial charge in [0.25, 0.3) is 0 Å². The zero-order valence-corrected chi connectivity index (χ0v) is 7.57. The van der Waals surface area contributed by atoms with Gasteiger partial charge in [-0.3, -0.25) is 0 Å². The van der Waals surface area contributed by atoms with Gasteiger partial charge in [-0.25, -0.2) is 9.97 Å². The van der Waals surface area contributed by atoms with Crippen LogP contribution >= 0.6 is 0 Å². The zero-order chi connectivity index (χ0) is 9.97. The summed E-state index contributed by atoms with van der Waals surface area (Å²) >= 11 is 0. The molecule has 2 heterocycles. The van der Waals surface area contributed by atoms with E-state index in [4.69, 9.17) is 0 Å². The predicted octanol–water partition coefficient (Wildman–Crippen LogP) is -0.313. The lowest BCUT2D eigenvalue weighted by molar-refractivity contribution is 0.204. The van der Waals surface area contributed by atoms with Gasteiger partial charge in [-0.1, -0.05) is 0 Å². The van der Waals surface area contributed by atoms with Gasteiger partial charge in [0.2, 0.25) is 0 Å². The van der Waals surface area contributed by atoms with Gasteiger partial charge in [0.05, 0.1) is 6.20 Å². The average molecular weight is 191 g/mol. The number of aryl methyl sites for hydroxylation is 1. The number of rotatable bonds is 2. The second-order valence-electron chi connectivity index (χ2n) is 2.77. The van der Waals surface area contributed by atoms with E-state index in [9.17, 15) is 5.11 Å². The first kappa shape index (κ1) is 8.76. The van der Waals surface area contributed by atoms with Crippen molar-refractivity contribution in [3.63, 3.8) is 0 Å². The van der Waals surface area contributed by atoms with Crippen molar-refractivity contribution in [2.45, 2.75) is 6.10 Å². The Morgan fingerprint density at radius 1 is 1.36 bits per heavy atom. The van der Waals surface area contributed by atoms with Gasteiger partial charge in [-0.15, -0.1) is 0 Å². The molecule has 14 heavy (non-hydrogen) atoms. The molecule has 0 saturated heterocycles. The molecule has 0 saturated carbocycles. The number of hydrogen-bond donors (Lipinski definition) is 1. The van der Waals surface area contributed by atoms with E-state index >= 15 is 0 Å². The number of aromatic nitrogens is 5. The average Bonchev–Trinajstić information content (AvgIpc) is 2.65. The lowest BCUT2D eigenvalue weighted by Gasteiger charge is -2.03. The Balaban J connectivity index is 2.29. The molecule has 0 amide bonds. The maximum absolute atomic E-state index is 9.76. The summed E-state index contributed by atoms with van der Waals surface area (Å²) in [5, 5.41) is 17.6. The maximum Gasteiger partial charge on any atom is 0.163 e. The third kappa shape index (κ3) is 1.60. The van der Waals surface area contributed by atoms with Gasteiger partial charge in [-0.05, 0) is 6.07 Å². The molecule has 1 unspecified atom stereocenters. The van der Waals surface area contributed by atoms with Crippen molar-refractivity contribution in [2.24, 2.45) is 7.05 Å². The first-order valence-corrected chi connectivity index (χ1v) is 4.08. The minimum atomic E-state index is -0.912. The van der Waals surface area contributed by atoms with Crippen LogP contribution in [-0.4, -0.2) is 30.1 Å². The number of nitrogens with zero attached hydrogens (tertiary/aromatic N) is 5. The smallest absolute Gasteiger partial charge is 0.163 e. The molecule has 0 spiro atoms. The largest absolute Gasteiger partial charge is 0.379 e. The van der Waals surface area contributed by atoms with Crippen LogP contribution in [0.5, 0.6) is 0 Å². The summed E-state index contributed by atoms with van der Waals surface area (Å²) in [5.41, 5.74) is 0.443. The minimum Gasteiger partial charge on any atom is -0.379 e. The molecule has 0 bridgehead atoms. The molecule has 0 aromatic carbocycles. The number of hydrogen-bond acceptors (Lipinski definition) is 5. The van der Waals surface area contributed by atoms with E-state index < -0.39 is 6.10 Å². The van der Waals surface area contributed by atoms with Crippen molar-refractivity contribution >= 4 is 0 Å². The normalized spacial score (nSPS) is 12.7. The van der Waals surface area contributed by atoms with Crippen LogP contribution in [0, 0.1) is 0 Å². The van der Waals surface area contributed by atoms with Crippen molar-refractivity contribution in [1.29, 1.82) is 0 Å². The summed E-state index contributed by atoms with van der Waals surface area (Å²) in [7, 11) is 1.68. The number of aliphatic hydroxyl groups is 1. The molecule has 6 heteroatoms. The molecule has 0 aliphatic carbocycles. The summed E-state index contributed by atoms with van der Waals surface area (Å²) in [6.07, 6.45) is 3.72. The Hall–Kier alpha value is -1.82. The monoisotopic (exact) mass is 191 g/mol. The third-order valence-electron chi connectivity index (χ3n) is 1.73. The molecule has 6 nitrogen and oxygen atoms in total. The maximum atomic E-state index is 9.76. The van der Waals surface area contributed by atoms with E-state index in [1.165, 1.54) is 11.0 Å². The van der Waals surface area contributed by atoms with Crippen LogP contribution < -0.4 is 0 Å². The molecule has 1 N–H and O–H groups in total. The highest BCUT2D eigenvalue weighted by Gasteiger charge is 2.15. The van der Waals surface area contributed by atoms with Crippen LogP contribution in [0.3, 0.4) is 0 Å². The summed E-state index contributed by atoms with van der Waals surface area (Å²) in [6, 6.07) is 1.69. The van der Waals surface area contributed by atoms with Crippen molar-refractivity contribution in [2.75, 3.05) is 0 Å². The van der Waals surface area contributed by atoms with Gasteiger partial charge in [0.15, 0.2) is 11.9 Å². The summed E-state index contributed by atoms with van der Waals surface area (Å²) in [4.78, 5) is 9.23. The molecule has 0 radical (unpaired) electrons. The van der Waals surface area contributed by atoms with Crippen LogP contribution in [0.1, 0.15) is 17.6 Å².